The highest BCUT2D eigenvalue weighted by molar-refractivity contribution is 5.78. The fourth-order valence-corrected chi connectivity index (χ4v) is 3.72. The molecule has 0 bridgehead atoms. The number of carbonyl (C=O) groups excluding carboxylic acids is 2. The second kappa shape index (κ2) is 8.38. The van der Waals surface area contributed by atoms with Crippen LogP contribution in [0.2, 0.25) is 0 Å². The van der Waals surface area contributed by atoms with Crippen LogP contribution in [0.25, 0.3) is 22.3 Å². The number of piperidine rings is 1. The molecule has 29 heavy (non-hydrogen) atoms. The number of hydrogen-bond donors (Lipinski definition) is 1. The van der Waals surface area contributed by atoms with Gasteiger partial charge >= 0.3 is 0 Å². The molecule has 2 N–H and O–H groups in total. The van der Waals surface area contributed by atoms with Crippen molar-refractivity contribution in [2.24, 2.45) is 5.73 Å². The molecule has 0 unspecified atom stereocenters. The molecule has 3 aromatic rings. The lowest BCUT2D eigenvalue weighted by Crippen LogP contribution is -2.39. The average Bonchev–Trinajstić information content (AvgIpc) is 3.23. The summed E-state index contributed by atoms with van der Waals surface area (Å²) in [7, 11) is 0. The summed E-state index contributed by atoms with van der Waals surface area (Å²) in [4.78, 5) is 34.1. The summed E-state index contributed by atoms with van der Waals surface area (Å²) >= 11 is 0. The maximum absolute atomic E-state index is 12.3. The number of amides is 2. The van der Waals surface area contributed by atoms with Gasteiger partial charge in [-0.3, -0.25) is 19.3 Å². The highest BCUT2D eigenvalue weighted by Crippen LogP contribution is 2.25. The smallest absolute Gasteiger partial charge is 0.222 e. The number of rotatable bonds is 6. The van der Waals surface area contributed by atoms with Gasteiger partial charge in [-0.1, -0.05) is 12.1 Å². The lowest BCUT2D eigenvalue weighted by molar-refractivity contribution is -0.132. The normalized spacial score (nSPS) is 15.0. The van der Waals surface area contributed by atoms with E-state index < -0.39 is 0 Å². The lowest BCUT2D eigenvalue weighted by atomic mass is 10.0. The van der Waals surface area contributed by atoms with Crippen LogP contribution in [-0.2, 0) is 9.59 Å². The Morgan fingerprint density at radius 1 is 1.07 bits per heavy atom. The van der Waals surface area contributed by atoms with Gasteiger partial charge in [0.1, 0.15) is 0 Å². The lowest BCUT2D eigenvalue weighted by Gasteiger charge is -2.32. The molecule has 3 heterocycles. The standard InChI is InChI=1S/C21H24N6O2/c22-20(28)6-3-7-21(29)26-10-8-16(9-11-26)27-14-15(12-24-27)19-13-23-17-4-1-2-5-18(17)25-19/h1-2,4-5,12-14,16H,3,6-11H2,(H2,22,28). The van der Waals surface area contributed by atoms with Crippen molar-refractivity contribution < 1.29 is 9.59 Å². The molecule has 1 saturated heterocycles. The number of nitrogens with zero attached hydrogens (tertiary/aromatic N) is 5. The highest BCUT2D eigenvalue weighted by Gasteiger charge is 2.24. The molecule has 2 aromatic heterocycles. The second-order valence-corrected chi connectivity index (χ2v) is 7.38. The van der Waals surface area contributed by atoms with Gasteiger partial charge < -0.3 is 10.6 Å². The number of aromatic nitrogens is 4. The van der Waals surface area contributed by atoms with E-state index in [1.165, 1.54) is 0 Å². The monoisotopic (exact) mass is 392 g/mol. The van der Waals surface area contributed by atoms with Crippen molar-refractivity contribution in [3.63, 3.8) is 0 Å². The zero-order valence-corrected chi connectivity index (χ0v) is 16.2. The summed E-state index contributed by atoms with van der Waals surface area (Å²) in [5.41, 5.74) is 8.60. The van der Waals surface area contributed by atoms with E-state index in [1.807, 2.05) is 46.2 Å². The second-order valence-electron chi connectivity index (χ2n) is 7.38. The van der Waals surface area contributed by atoms with Gasteiger partial charge in [-0.05, 0) is 31.4 Å². The molecule has 1 aliphatic rings. The van der Waals surface area contributed by atoms with Crippen molar-refractivity contribution in [2.45, 2.75) is 38.1 Å². The molecule has 0 atom stereocenters. The minimum absolute atomic E-state index is 0.0947. The summed E-state index contributed by atoms with van der Waals surface area (Å²) in [5.74, 6) is -0.264. The Kier molecular flexibility index (Phi) is 5.50. The third kappa shape index (κ3) is 4.42. The van der Waals surface area contributed by atoms with Crippen LogP contribution in [0.4, 0.5) is 0 Å². The predicted octanol–water partition coefficient (Wildman–Crippen LogP) is 2.31. The molecule has 150 valence electrons. The molecule has 8 nitrogen and oxygen atoms in total. The van der Waals surface area contributed by atoms with Gasteiger partial charge in [0.2, 0.25) is 11.8 Å². The van der Waals surface area contributed by atoms with Crippen LogP contribution < -0.4 is 5.73 Å². The van der Waals surface area contributed by atoms with Gasteiger partial charge in [-0.2, -0.15) is 5.10 Å². The van der Waals surface area contributed by atoms with E-state index >= 15 is 0 Å². The third-order valence-electron chi connectivity index (χ3n) is 5.35. The van der Waals surface area contributed by atoms with Crippen LogP contribution in [0.3, 0.4) is 0 Å². The van der Waals surface area contributed by atoms with Gasteiger partial charge in [0.15, 0.2) is 0 Å². The van der Waals surface area contributed by atoms with Crippen LogP contribution in [0.1, 0.15) is 38.1 Å². The minimum Gasteiger partial charge on any atom is -0.370 e. The van der Waals surface area contributed by atoms with Crippen LogP contribution >= 0.6 is 0 Å². The molecule has 1 aliphatic heterocycles. The van der Waals surface area contributed by atoms with E-state index in [9.17, 15) is 9.59 Å². The number of nitrogens with two attached hydrogens (primary N) is 1. The fraction of sp³-hybridized carbons (Fsp3) is 0.381. The molecule has 8 heteroatoms. The molecular formula is C21H24N6O2. The molecular weight excluding hydrogens is 368 g/mol. The number of para-hydroxylation sites is 2. The summed E-state index contributed by atoms with van der Waals surface area (Å²) in [6.45, 7) is 1.40. The first-order valence-electron chi connectivity index (χ1n) is 9.92. The first-order chi connectivity index (χ1) is 14.1. The molecule has 1 aromatic carbocycles. The Labute approximate surface area is 168 Å². The molecule has 0 saturated carbocycles. The molecule has 0 spiro atoms. The summed E-state index contributed by atoms with van der Waals surface area (Å²) in [6.07, 6.45) is 8.46. The van der Waals surface area contributed by atoms with Crippen molar-refractivity contribution in [3.05, 3.63) is 42.9 Å². The molecule has 2 amide bonds. The molecule has 4 rings (SSSR count). The number of hydrogen-bond acceptors (Lipinski definition) is 5. The zero-order chi connectivity index (χ0) is 20.2. The maximum Gasteiger partial charge on any atom is 0.222 e. The topological polar surface area (TPSA) is 107 Å². The summed E-state index contributed by atoms with van der Waals surface area (Å²) in [6, 6.07) is 8.05. The Morgan fingerprint density at radius 3 is 2.59 bits per heavy atom. The molecule has 0 radical (unpaired) electrons. The van der Waals surface area contributed by atoms with E-state index in [1.54, 1.807) is 6.20 Å². The summed E-state index contributed by atoms with van der Waals surface area (Å²) in [5, 5.41) is 4.53. The van der Waals surface area contributed by atoms with Gasteiger partial charge in [0.05, 0.1) is 35.2 Å². The quantitative estimate of drug-likeness (QED) is 0.693. The number of primary amides is 1. The van der Waals surface area contributed by atoms with Crippen LogP contribution in [0.15, 0.2) is 42.9 Å². The number of carbonyl (C=O) groups is 2. The average molecular weight is 392 g/mol. The Morgan fingerprint density at radius 2 is 1.83 bits per heavy atom. The number of benzene rings is 1. The zero-order valence-electron chi connectivity index (χ0n) is 16.2. The van der Waals surface area contributed by atoms with E-state index in [4.69, 9.17) is 5.73 Å². The van der Waals surface area contributed by atoms with E-state index in [0.717, 1.165) is 35.1 Å². The van der Waals surface area contributed by atoms with E-state index in [-0.39, 0.29) is 24.3 Å². The number of likely N-dealkylation sites (tertiary alicyclic amines) is 1. The SMILES string of the molecule is NC(=O)CCCC(=O)N1CCC(n2cc(-c3cnc4ccccc4n3)cn2)CC1. The van der Waals surface area contributed by atoms with Crippen molar-refractivity contribution in [1.29, 1.82) is 0 Å². The van der Waals surface area contributed by atoms with Crippen LogP contribution in [-0.4, -0.2) is 49.6 Å². The molecule has 1 fully saturated rings. The first-order valence-corrected chi connectivity index (χ1v) is 9.92. The van der Waals surface area contributed by atoms with Crippen molar-refractivity contribution >= 4 is 22.8 Å². The Hall–Kier alpha value is -3.29. The minimum atomic E-state index is -0.359. The van der Waals surface area contributed by atoms with Crippen molar-refractivity contribution in [3.8, 4) is 11.3 Å². The highest BCUT2D eigenvalue weighted by atomic mass is 16.2. The molecule has 0 aliphatic carbocycles. The first kappa shape index (κ1) is 19.0. The van der Waals surface area contributed by atoms with Crippen LogP contribution in [0.5, 0.6) is 0 Å². The van der Waals surface area contributed by atoms with Crippen LogP contribution in [0, 0.1) is 0 Å². The largest absolute Gasteiger partial charge is 0.370 e. The van der Waals surface area contributed by atoms with Gasteiger partial charge in [0.25, 0.3) is 0 Å². The van der Waals surface area contributed by atoms with Gasteiger partial charge in [-0.15, -0.1) is 0 Å². The third-order valence-corrected chi connectivity index (χ3v) is 5.35. The number of fused-ring (bicyclic) bond motifs is 1. The Bertz CT molecular complexity index is 1020. The van der Waals surface area contributed by atoms with Crippen molar-refractivity contribution in [2.75, 3.05) is 13.1 Å². The van der Waals surface area contributed by atoms with Crippen molar-refractivity contribution in [1.82, 2.24) is 24.6 Å². The van der Waals surface area contributed by atoms with E-state index in [0.29, 0.717) is 25.9 Å². The fourth-order valence-electron chi connectivity index (χ4n) is 3.72. The van der Waals surface area contributed by atoms with E-state index in [2.05, 4.69) is 15.1 Å². The van der Waals surface area contributed by atoms with Gasteiger partial charge in [-0.25, -0.2) is 4.98 Å². The maximum atomic E-state index is 12.3. The predicted molar refractivity (Wildman–Crippen MR) is 109 cm³/mol. The Balaban J connectivity index is 1.36. The summed E-state index contributed by atoms with van der Waals surface area (Å²) < 4.78 is 1.97. The van der Waals surface area contributed by atoms with Gasteiger partial charge in [0, 0.05) is 37.7 Å².